The van der Waals surface area contributed by atoms with Crippen molar-refractivity contribution in [2.45, 2.75) is 31.7 Å². The number of nitrogens with zero attached hydrogens (tertiary/aromatic N) is 9. The van der Waals surface area contributed by atoms with E-state index in [1.165, 1.54) is 9.25 Å². The van der Waals surface area contributed by atoms with E-state index in [2.05, 4.69) is 60.5 Å². The van der Waals surface area contributed by atoms with Crippen LogP contribution < -0.4 is 11.0 Å². The maximum Gasteiger partial charge on any atom is 0.335 e. The smallest absolute Gasteiger partial charge is 0.335 e. The first kappa shape index (κ1) is 20.5. The van der Waals surface area contributed by atoms with Gasteiger partial charge >= 0.3 is 5.69 Å². The van der Waals surface area contributed by atoms with Crippen LogP contribution in [-0.4, -0.2) is 50.0 Å². The van der Waals surface area contributed by atoms with Gasteiger partial charge in [0.15, 0.2) is 5.82 Å². The fourth-order valence-electron chi connectivity index (χ4n) is 4.12. The second-order valence-corrected chi connectivity index (χ2v) is 7.92. The Labute approximate surface area is 188 Å². The molecular formula is C21H23N11O. The van der Waals surface area contributed by atoms with Crippen molar-refractivity contribution in [2.75, 3.05) is 0 Å². The number of dihydropyridines is 1. The molecule has 33 heavy (non-hydrogen) atoms. The second kappa shape index (κ2) is 8.30. The molecule has 0 saturated carbocycles. The highest BCUT2D eigenvalue weighted by Crippen LogP contribution is 2.33. The number of allylic oxidation sites excluding steroid dienone is 2. The van der Waals surface area contributed by atoms with Crippen molar-refractivity contribution < 1.29 is 0 Å². The zero-order valence-electron chi connectivity index (χ0n) is 18.3. The number of nitrogens with one attached hydrogen (secondary N) is 2. The van der Waals surface area contributed by atoms with E-state index >= 15 is 0 Å². The van der Waals surface area contributed by atoms with Gasteiger partial charge in [0.05, 0.1) is 5.41 Å². The van der Waals surface area contributed by atoms with Crippen LogP contribution in [0.15, 0.2) is 59.8 Å². The molecule has 0 bridgehead atoms. The molecule has 1 aromatic carbocycles. The van der Waals surface area contributed by atoms with Crippen molar-refractivity contribution in [3.63, 3.8) is 0 Å². The fourth-order valence-corrected chi connectivity index (χ4v) is 4.12. The minimum absolute atomic E-state index is 0.188. The summed E-state index contributed by atoms with van der Waals surface area (Å²) in [6.45, 7) is 2.50. The summed E-state index contributed by atoms with van der Waals surface area (Å²) in [6, 6.07) is 7.99. The van der Waals surface area contributed by atoms with Gasteiger partial charge in [-0.3, -0.25) is 4.57 Å². The lowest BCUT2D eigenvalue weighted by atomic mass is 9.78. The molecule has 168 valence electrons. The van der Waals surface area contributed by atoms with Crippen molar-refractivity contribution in [1.82, 2.24) is 55.3 Å². The van der Waals surface area contributed by atoms with Crippen LogP contribution in [0.4, 0.5) is 0 Å². The first-order valence-corrected chi connectivity index (χ1v) is 10.6. The highest BCUT2D eigenvalue weighted by atomic mass is 16.2. The lowest BCUT2D eigenvalue weighted by molar-refractivity contribution is 0.496. The Bertz CT molecular complexity index is 1360. The van der Waals surface area contributed by atoms with Crippen LogP contribution in [-0.2, 0) is 25.4 Å². The number of benzene rings is 1. The fraction of sp³-hybridized carbons (Fsp3) is 0.286. The molecule has 4 aromatic rings. The number of aromatic amines is 1. The summed E-state index contributed by atoms with van der Waals surface area (Å²) < 4.78 is 4.79. The molecule has 1 aliphatic heterocycles. The van der Waals surface area contributed by atoms with E-state index in [0.717, 1.165) is 29.7 Å². The van der Waals surface area contributed by atoms with Crippen molar-refractivity contribution in [3.8, 4) is 17.3 Å². The average molecular weight is 445 g/mol. The second-order valence-electron chi connectivity index (χ2n) is 7.92. The molecule has 0 unspecified atom stereocenters. The van der Waals surface area contributed by atoms with E-state index in [1.807, 2.05) is 42.9 Å². The number of tetrazole rings is 2. The largest absolute Gasteiger partial charge is 0.368 e. The average Bonchev–Trinajstić information content (AvgIpc) is 3.58. The Kier molecular flexibility index (Phi) is 5.17. The van der Waals surface area contributed by atoms with Gasteiger partial charge in [0.25, 0.3) is 5.95 Å². The molecule has 0 fully saturated rings. The van der Waals surface area contributed by atoms with Crippen LogP contribution in [0.3, 0.4) is 0 Å². The van der Waals surface area contributed by atoms with Gasteiger partial charge in [-0.25, -0.2) is 19.1 Å². The van der Waals surface area contributed by atoms with Crippen LogP contribution in [0.25, 0.3) is 17.3 Å². The van der Waals surface area contributed by atoms with Gasteiger partial charge in [-0.05, 0) is 51.3 Å². The van der Waals surface area contributed by atoms with Crippen LogP contribution >= 0.6 is 0 Å². The first-order valence-electron chi connectivity index (χ1n) is 10.6. The van der Waals surface area contributed by atoms with Gasteiger partial charge in [-0.2, -0.15) is 0 Å². The van der Waals surface area contributed by atoms with Gasteiger partial charge in [0.1, 0.15) is 0 Å². The minimum Gasteiger partial charge on any atom is -0.368 e. The van der Waals surface area contributed by atoms with E-state index in [4.69, 9.17) is 0 Å². The molecule has 0 amide bonds. The molecule has 2 N–H and O–H groups in total. The number of hydrogen-bond acceptors (Lipinski definition) is 8. The number of aryl methyl sites for hydroxylation is 2. The normalized spacial score (nSPS) is 14.5. The molecule has 0 atom stereocenters. The summed E-state index contributed by atoms with van der Waals surface area (Å²) in [7, 11) is 1.71. The predicted molar refractivity (Wildman–Crippen MR) is 119 cm³/mol. The summed E-state index contributed by atoms with van der Waals surface area (Å²) in [5, 5.41) is 28.9. The molecular weight excluding hydrogens is 422 g/mol. The minimum atomic E-state index is -0.564. The lowest BCUT2D eigenvalue weighted by Gasteiger charge is -2.31. The third-order valence-electron chi connectivity index (χ3n) is 5.77. The van der Waals surface area contributed by atoms with E-state index in [9.17, 15) is 4.79 Å². The zero-order chi connectivity index (χ0) is 22.8. The number of hydrogen-bond donors (Lipinski definition) is 2. The van der Waals surface area contributed by atoms with Gasteiger partial charge in [0, 0.05) is 31.0 Å². The quantitative estimate of drug-likeness (QED) is 0.427. The van der Waals surface area contributed by atoms with Gasteiger partial charge in [-0.15, -0.1) is 5.10 Å². The lowest BCUT2D eigenvalue weighted by Crippen LogP contribution is -2.36. The number of H-pyrrole nitrogens is 1. The SMILES string of the molecule is CCCc1cn(-c2nnnn2C)c(=O)n1CC1(c2cccc(-c3nnn[nH]3)c2)C=CNC=C1. The van der Waals surface area contributed by atoms with Crippen LogP contribution in [0.2, 0.25) is 0 Å². The Hall–Kier alpha value is -4.35. The van der Waals surface area contributed by atoms with E-state index in [1.54, 1.807) is 11.6 Å². The molecule has 5 rings (SSSR count). The first-order chi connectivity index (χ1) is 16.1. The molecule has 0 saturated heterocycles. The van der Waals surface area contributed by atoms with Crippen molar-refractivity contribution >= 4 is 0 Å². The number of imidazole rings is 1. The van der Waals surface area contributed by atoms with Crippen molar-refractivity contribution in [1.29, 1.82) is 0 Å². The predicted octanol–water partition coefficient (Wildman–Crippen LogP) is 0.864. The third kappa shape index (κ3) is 3.64. The maximum absolute atomic E-state index is 13.5. The monoisotopic (exact) mass is 445 g/mol. The Morgan fingerprint density at radius 3 is 2.67 bits per heavy atom. The molecule has 3 aromatic heterocycles. The van der Waals surface area contributed by atoms with Crippen molar-refractivity contribution in [2.24, 2.45) is 7.05 Å². The highest BCUT2D eigenvalue weighted by Gasteiger charge is 2.31. The molecule has 12 nitrogen and oxygen atoms in total. The zero-order valence-corrected chi connectivity index (χ0v) is 18.3. The molecule has 12 heteroatoms. The molecule has 0 spiro atoms. The standard InChI is InChI=1S/C21H23N11O/c1-3-5-17-13-31(19-25-28-29-30(19)2)20(33)32(17)14-21(8-10-22-11-9-21)16-7-4-6-15(12-16)18-23-26-27-24-18/h4,6-13,22H,3,5,14H2,1-2H3,(H,23,24,26,27). The Balaban J connectivity index is 1.62. The topological polar surface area (TPSA) is 137 Å². The van der Waals surface area contributed by atoms with Crippen LogP contribution in [0.1, 0.15) is 24.6 Å². The maximum atomic E-state index is 13.5. The highest BCUT2D eigenvalue weighted by molar-refractivity contribution is 5.57. The van der Waals surface area contributed by atoms with Gasteiger partial charge in [-0.1, -0.05) is 48.8 Å². The molecule has 0 aliphatic carbocycles. The third-order valence-corrected chi connectivity index (χ3v) is 5.77. The molecule has 4 heterocycles. The number of aromatic nitrogens is 10. The van der Waals surface area contributed by atoms with Gasteiger partial charge < -0.3 is 5.32 Å². The van der Waals surface area contributed by atoms with E-state index < -0.39 is 5.41 Å². The van der Waals surface area contributed by atoms with E-state index in [0.29, 0.717) is 18.3 Å². The summed E-state index contributed by atoms with van der Waals surface area (Å²) >= 11 is 0. The summed E-state index contributed by atoms with van der Waals surface area (Å²) in [4.78, 5) is 13.5. The molecule has 0 radical (unpaired) electrons. The van der Waals surface area contributed by atoms with E-state index in [-0.39, 0.29) is 5.69 Å². The molecule has 1 aliphatic rings. The summed E-state index contributed by atoms with van der Waals surface area (Å²) in [5.41, 5.74) is 2.03. The van der Waals surface area contributed by atoms with Crippen LogP contribution in [0.5, 0.6) is 0 Å². The Morgan fingerprint density at radius 2 is 1.97 bits per heavy atom. The Morgan fingerprint density at radius 1 is 1.12 bits per heavy atom. The summed E-state index contributed by atoms with van der Waals surface area (Å²) in [5.74, 6) is 0.958. The van der Waals surface area contributed by atoms with Gasteiger partial charge in [0.2, 0.25) is 0 Å². The van der Waals surface area contributed by atoms with Crippen LogP contribution in [0, 0.1) is 0 Å². The van der Waals surface area contributed by atoms with Crippen molar-refractivity contribution in [3.05, 3.63) is 76.8 Å². The number of rotatable bonds is 7. The summed E-state index contributed by atoms with van der Waals surface area (Å²) in [6.07, 6.45) is 11.4.